The number of piperidine rings is 2. The van der Waals surface area contributed by atoms with Gasteiger partial charge in [0.05, 0.1) is 12.5 Å². The van der Waals surface area contributed by atoms with E-state index in [1.165, 1.54) is 0 Å². The molecule has 0 atom stereocenters. The predicted molar refractivity (Wildman–Crippen MR) is 126 cm³/mol. The summed E-state index contributed by atoms with van der Waals surface area (Å²) in [6, 6.07) is 17.2. The largest absolute Gasteiger partial charge is 0.497 e. The molecule has 174 valence electrons. The van der Waals surface area contributed by atoms with Crippen molar-refractivity contribution in [3.8, 4) is 5.75 Å². The van der Waals surface area contributed by atoms with Gasteiger partial charge in [0.15, 0.2) is 5.78 Å². The number of likely N-dealkylation sites (tertiary alicyclic amines) is 2. The van der Waals surface area contributed by atoms with Crippen molar-refractivity contribution in [2.45, 2.75) is 38.0 Å². The Balaban J connectivity index is 1.46. The molecule has 2 fully saturated rings. The molecule has 0 aromatic heterocycles. The van der Waals surface area contributed by atoms with Crippen LogP contribution in [0.25, 0.3) is 0 Å². The van der Waals surface area contributed by atoms with Crippen LogP contribution >= 0.6 is 0 Å². The lowest BCUT2D eigenvalue weighted by Gasteiger charge is -2.44. The van der Waals surface area contributed by atoms with E-state index in [-0.39, 0.29) is 23.5 Å². The zero-order valence-corrected chi connectivity index (χ0v) is 19.5. The highest BCUT2D eigenvalue weighted by Gasteiger charge is 2.46. The number of nitrogens with zero attached hydrogens (tertiary/aromatic N) is 2. The van der Waals surface area contributed by atoms with Gasteiger partial charge in [0.1, 0.15) is 5.75 Å². The summed E-state index contributed by atoms with van der Waals surface area (Å²) in [6.45, 7) is 3.92. The number of benzene rings is 2. The van der Waals surface area contributed by atoms with Crippen LogP contribution in [0.3, 0.4) is 0 Å². The third-order valence-electron chi connectivity index (χ3n) is 7.33. The van der Waals surface area contributed by atoms with Gasteiger partial charge < -0.3 is 14.5 Å². The first-order chi connectivity index (χ1) is 15.9. The predicted octanol–water partition coefficient (Wildman–Crippen LogP) is 3.70. The van der Waals surface area contributed by atoms with E-state index in [9.17, 15) is 14.4 Å². The number of rotatable bonds is 5. The van der Waals surface area contributed by atoms with Gasteiger partial charge in [-0.3, -0.25) is 14.4 Å². The van der Waals surface area contributed by atoms with Crippen molar-refractivity contribution < 1.29 is 19.1 Å². The summed E-state index contributed by atoms with van der Waals surface area (Å²) in [6.07, 6.45) is 2.59. The first kappa shape index (κ1) is 23.0. The number of methoxy groups -OCH3 is 1. The van der Waals surface area contributed by atoms with Gasteiger partial charge in [0.2, 0.25) is 11.8 Å². The molecule has 0 radical (unpaired) electrons. The fourth-order valence-electron chi connectivity index (χ4n) is 5.22. The van der Waals surface area contributed by atoms with E-state index in [2.05, 4.69) is 0 Å². The molecule has 0 N–H and O–H groups in total. The van der Waals surface area contributed by atoms with Gasteiger partial charge in [0.25, 0.3) is 0 Å². The summed E-state index contributed by atoms with van der Waals surface area (Å²) in [5.41, 5.74) is 1.10. The smallest absolute Gasteiger partial charge is 0.233 e. The van der Waals surface area contributed by atoms with E-state index in [4.69, 9.17) is 4.74 Å². The highest BCUT2D eigenvalue weighted by molar-refractivity contribution is 5.98. The van der Waals surface area contributed by atoms with E-state index < -0.39 is 5.41 Å². The Bertz CT molecular complexity index is 987. The van der Waals surface area contributed by atoms with Crippen LogP contribution in [0.5, 0.6) is 5.75 Å². The van der Waals surface area contributed by atoms with Gasteiger partial charge in [-0.15, -0.1) is 0 Å². The summed E-state index contributed by atoms with van der Waals surface area (Å²) >= 11 is 0. The quantitative estimate of drug-likeness (QED) is 0.655. The molecule has 2 aliphatic heterocycles. The summed E-state index contributed by atoms with van der Waals surface area (Å²) in [5.74, 6) is 0.982. The van der Waals surface area contributed by atoms with Crippen LogP contribution in [-0.2, 0) is 15.0 Å². The lowest BCUT2D eigenvalue weighted by atomic mass is 9.71. The molecule has 0 spiro atoms. The molecule has 2 heterocycles. The number of carbonyl (C=O) groups excluding carboxylic acids is 3. The molecule has 0 aliphatic carbocycles. The van der Waals surface area contributed by atoms with E-state index in [1.807, 2.05) is 64.4 Å². The number of ether oxygens (including phenoxy) is 1. The van der Waals surface area contributed by atoms with E-state index in [0.29, 0.717) is 57.4 Å². The van der Waals surface area contributed by atoms with Crippen LogP contribution in [0.15, 0.2) is 54.6 Å². The zero-order valence-electron chi connectivity index (χ0n) is 19.5. The van der Waals surface area contributed by atoms with Gasteiger partial charge in [-0.1, -0.05) is 30.3 Å². The van der Waals surface area contributed by atoms with Crippen molar-refractivity contribution >= 4 is 17.6 Å². The summed E-state index contributed by atoms with van der Waals surface area (Å²) in [5, 5.41) is 0. The molecular weight excluding hydrogens is 416 g/mol. The molecule has 0 saturated carbocycles. The van der Waals surface area contributed by atoms with Gasteiger partial charge in [-0.2, -0.15) is 0 Å². The van der Waals surface area contributed by atoms with Crippen molar-refractivity contribution in [1.82, 2.24) is 9.80 Å². The monoisotopic (exact) mass is 448 g/mol. The van der Waals surface area contributed by atoms with Crippen LogP contribution in [-0.4, -0.2) is 60.7 Å². The SMILES string of the molecule is COc1ccc(C(=O)C2CCN(C(=O)C3(c4ccccc4)CCN(C(C)=O)CC3)CC2)cc1. The molecule has 2 saturated heterocycles. The van der Waals surface area contributed by atoms with E-state index in [1.54, 1.807) is 14.0 Å². The molecule has 6 heteroatoms. The Morgan fingerprint density at radius 3 is 2.00 bits per heavy atom. The first-order valence-electron chi connectivity index (χ1n) is 11.7. The van der Waals surface area contributed by atoms with Crippen LogP contribution in [0.2, 0.25) is 0 Å². The van der Waals surface area contributed by atoms with Crippen LogP contribution < -0.4 is 4.74 Å². The normalized spacial score (nSPS) is 18.6. The minimum absolute atomic E-state index is 0.0574. The zero-order chi connectivity index (χ0) is 23.4. The van der Waals surface area contributed by atoms with E-state index >= 15 is 0 Å². The highest BCUT2D eigenvalue weighted by atomic mass is 16.5. The molecule has 0 bridgehead atoms. The number of ketones is 1. The number of amides is 2. The third kappa shape index (κ3) is 4.65. The van der Waals surface area contributed by atoms with Crippen molar-refractivity contribution in [3.05, 3.63) is 65.7 Å². The summed E-state index contributed by atoms with van der Waals surface area (Å²) < 4.78 is 5.18. The Labute approximate surface area is 195 Å². The summed E-state index contributed by atoms with van der Waals surface area (Å²) in [4.78, 5) is 42.5. The van der Waals surface area contributed by atoms with Crippen LogP contribution in [0.4, 0.5) is 0 Å². The number of Topliss-reactive ketones (excluding diaryl/α,β-unsaturated/α-hetero) is 1. The van der Waals surface area contributed by atoms with Gasteiger partial charge in [-0.25, -0.2) is 0 Å². The maximum absolute atomic E-state index is 13.9. The Morgan fingerprint density at radius 1 is 0.848 bits per heavy atom. The molecule has 2 aromatic rings. The number of hydrogen-bond donors (Lipinski definition) is 0. The second kappa shape index (κ2) is 9.77. The van der Waals surface area contributed by atoms with E-state index in [0.717, 1.165) is 11.3 Å². The fourth-order valence-corrected chi connectivity index (χ4v) is 5.22. The first-order valence-corrected chi connectivity index (χ1v) is 11.7. The highest BCUT2D eigenvalue weighted by Crippen LogP contribution is 2.38. The Hall–Kier alpha value is -3.15. The number of hydrogen-bond acceptors (Lipinski definition) is 4. The third-order valence-corrected chi connectivity index (χ3v) is 7.33. The van der Waals surface area contributed by atoms with Crippen LogP contribution in [0, 0.1) is 5.92 Å². The molecule has 4 rings (SSSR count). The van der Waals surface area contributed by atoms with Crippen molar-refractivity contribution in [2.24, 2.45) is 5.92 Å². The maximum Gasteiger partial charge on any atom is 0.233 e. The van der Waals surface area contributed by atoms with Gasteiger partial charge in [-0.05, 0) is 55.5 Å². The fraction of sp³-hybridized carbons (Fsp3) is 0.444. The lowest BCUT2D eigenvalue weighted by Crippen LogP contribution is -2.55. The van der Waals surface area contributed by atoms with Crippen LogP contribution in [0.1, 0.15) is 48.5 Å². The second-order valence-electron chi connectivity index (χ2n) is 9.11. The molecule has 2 aliphatic rings. The standard InChI is InChI=1S/C27H32N2O4/c1-20(30)28-18-14-27(15-19-28,23-6-4-3-5-7-23)26(32)29-16-12-22(13-17-29)25(31)21-8-10-24(33-2)11-9-21/h3-11,22H,12-19H2,1-2H3. The second-order valence-corrected chi connectivity index (χ2v) is 9.11. The molecule has 6 nitrogen and oxygen atoms in total. The minimum atomic E-state index is -0.611. The average molecular weight is 449 g/mol. The molecule has 0 unspecified atom stereocenters. The minimum Gasteiger partial charge on any atom is -0.497 e. The number of carbonyl (C=O) groups is 3. The Kier molecular flexibility index (Phi) is 6.82. The Morgan fingerprint density at radius 2 is 1.45 bits per heavy atom. The molecule has 33 heavy (non-hydrogen) atoms. The summed E-state index contributed by atoms with van der Waals surface area (Å²) in [7, 11) is 1.61. The topological polar surface area (TPSA) is 66.9 Å². The maximum atomic E-state index is 13.9. The molecule has 2 aromatic carbocycles. The van der Waals surface area contributed by atoms with Gasteiger partial charge in [0, 0.05) is 44.6 Å². The molecule has 2 amide bonds. The van der Waals surface area contributed by atoms with Crippen molar-refractivity contribution in [3.63, 3.8) is 0 Å². The lowest BCUT2D eigenvalue weighted by molar-refractivity contribution is -0.143. The van der Waals surface area contributed by atoms with Gasteiger partial charge >= 0.3 is 0 Å². The molecular formula is C27H32N2O4. The van der Waals surface area contributed by atoms with Crippen molar-refractivity contribution in [1.29, 1.82) is 0 Å². The van der Waals surface area contributed by atoms with Crippen molar-refractivity contribution in [2.75, 3.05) is 33.3 Å². The average Bonchev–Trinajstić information content (AvgIpc) is 2.88.